The number of aromatic nitrogens is 5. The van der Waals surface area contributed by atoms with Gasteiger partial charge in [-0.1, -0.05) is 23.7 Å². The fourth-order valence-corrected chi connectivity index (χ4v) is 3.95. The highest BCUT2D eigenvalue weighted by Crippen LogP contribution is 2.34. The molecule has 0 aliphatic rings. The van der Waals surface area contributed by atoms with Crippen LogP contribution in [0.5, 0.6) is 5.75 Å². The monoisotopic (exact) mass is 544 g/mol. The number of halogens is 4. The molecule has 12 heteroatoms. The second-order valence-electron chi connectivity index (χ2n) is 6.93. The third kappa shape index (κ3) is 4.15. The van der Waals surface area contributed by atoms with Crippen molar-refractivity contribution < 1.29 is 13.5 Å². The Morgan fingerprint density at radius 1 is 1.09 bits per heavy atom. The van der Waals surface area contributed by atoms with Gasteiger partial charge in [0.05, 0.1) is 11.1 Å². The first-order chi connectivity index (χ1) is 16.4. The second-order valence-corrected chi connectivity index (χ2v) is 8.23. The first-order valence-corrected chi connectivity index (χ1v) is 10.9. The molecule has 0 aliphatic carbocycles. The summed E-state index contributed by atoms with van der Waals surface area (Å²) in [7, 11) is 0. The zero-order valence-electron chi connectivity index (χ0n) is 16.9. The Bertz CT molecular complexity index is 1610. The van der Waals surface area contributed by atoms with Crippen LogP contribution >= 0.6 is 27.5 Å². The normalized spacial score (nSPS) is 11.3. The molecular formula is C22H12BrClF2N6O2. The van der Waals surface area contributed by atoms with E-state index in [1.165, 1.54) is 28.9 Å². The summed E-state index contributed by atoms with van der Waals surface area (Å²) in [6.45, 7) is -3.06. The molecule has 0 amide bonds. The molecule has 0 unspecified atom stereocenters. The first-order valence-electron chi connectivity index (χ1n) is 9.73. The molecule has 0 fully saturated rings. The van der Waals surface area contributed by atoms with Gasteiger partial charge < -0.3 is 10.1 Å². The van der Waals surface area contributed by atoms with Crippen LogP contribution in [-0.4, -0.2) is 31.2 Å². The molecule has 1 N–H and O–H groups in total. The molecule has 170 valence electrons. The summed E-state index contributed by atoms with van der Waals surface area (Å²) >= 11 is 9.45. The van der Waals surface area contributed by atoms with Crippen LogP contribution in [0.15, 0.2) is 70.1 Å². The molecule has 2 aromatic carbocycles. The van der Waals surface area contributed by atoms with Gasteiger partial charge in [0.15, 0.2) is 11.5 Å². The summed E-state index contributed by atoms with van der Waals surface area (Å²) < 4.78 is 32.7. The standard InChI is InChI=1S/C22H12BrClF2N6O2/c23-14-5-3-4-13-17(14)29-22(28-15-6-1-2-9-27-20(15)33)32-19(13)30-18(31-32)12-8-7-11(24)10-16(12)34-21(25)26/h1-10,21H,(H,27,28,29,33). The van der Waals surface area contributed by atoms with Gasteiger partial charge >= 0.3 is 6.61 Å². The number of benzene rings is 2. The van der Waals surface area contributed by atoms with Crippen LogP contribution in [0.3, 0.4) is 0 Å². The Labute approximate surface area is 203 Å². The van der Waals surface area contributed by atoms with Crippen LogP contribution < -0.4 is 15.6 Å². The molecule has 0 saturated carbocycles. The van der Waals surface area contributed by atoms with Gasteiger partial charge in [-0.25, -0.2) is 15.0 Å². The maximum Gasteiger partial charge on any atom is 0.387 e. The summed E-state index contributed by atoms with van der Waals surface area (Å²) in [6, 6.07) is 14.5. The predicted molar refractivity (Wildman–Crippen MR) is 127 cm³/mol. The molecule has 0 aliphatic heterocycles. The molecule has 3 aromatic heterocycles. The van der Waals surface area contributed by atoms with Crippen molar-refractivity contribution in [3.63, 3.8) is 0 Å². The number of nitrogens with one attached hydrogen (secondary N) is 1. The van der Waals surface area contributed by atoms with Crippen molar-refractivity contribution in [2.75, 3.05) is 5.32 Å². The maximum absolute atomic E-state index is 13.0. The summed E-state index contributed by atoms with van der Waals surface area (Å²) in [5.74, 6) is 0.0970. The molecule has 0 atom stereocenters. The van der Waals surface area contributed by atoms with Gasteiger partial charge in [-0.15, -0.1) is 5.10 Å². The molecule has 34 heavy (non-hydrogen) atoms. The average Bonchev–Trinajstić information content (AvgIpc) is 3.14. The summed E-state index contributed by atoms with van der Waals surface area (Å²) in [6.07, 6.45) is 1.38. The Balaban J connectivity index is 1.77. The third-order valence-electron chi connectivity index (χ3n) is 4.78. The van der Waals surface area contributed by atoms with E-state index in [9.17, 15) is 13.6 Å². The number of para-hydroxylation sites is 1. The zero-order valence-corrected chi connectivity index (χ0v) is 19.3. The molecule has 5 aromatic rings. The molecule has 0 radical (unpaired) electrons. The van der Waals surface area contributed by atoms with Crippen molar-refractivity contribution in [3.05, 3.63) is 80.6 Å². The number of alkyl halides is 2. The second kappa shape index (κ2) is 8.92. The van der Waals surface area contributed by atoms with Crippen molar-refractivity contribution in [3.8, 4) is 17.1 Å². The molecule has 0 bridgehead atoms. The van der Waals surface area contributed by atoms with Crippen LogP contribution in [-0.2, 0) is 0 Å². The van der Waals surface area contributed by atoms with Gasteiger partial charge in [0, 0.05) is 21.1 Å². The Morgan fingerprint density at radius 2 is 1.94 bits per heavy atom. The number of hydrogen-bond acceptors (Lipinski definition) is 7. The Hall–Kier alpha value is -3.70. The number of ether oxygens (including phenoxy) is 1. The lowest BCUT2D eigenvalue weighted by atomic mass is 10.2. The van der Waals surface area contributed by atoms with E-state index in [0.717, 1.165) is 0 Å². The molecule has 0 saturated heterocycles. The number of nitrogens with zero attached hydrogens (tertiary/aromatic N) is 5. The van der Waals surface area contributed by atoms with Gasteiger partial charge in [0.2, 0.25) is 5.95 Å². The van der Waals surface area contributed by atoms with Gasteiger partial charge in [-0.2, -0.15) is 13.3 Å². The molecule has 0 spiro atoms. The SMILES string of the molecule is O=c1nccccc1Nc1nc2c(Br)cccc2c2nc(-c3ccc(Cl)cc3OC(F)F)nn12. The van der Waals surface area contributed by atoms with Crippen molar-refractivity contribution in [1.82, 2.24) is 24.6 Å². The lowest BCUT2D eigenvalue weighted by molar-refractivity contribution is -0.0494. The van der Waals surface area contributed by atoms with Gasteiger partial charge in [-0.3, -0.25) is 4.79 Å². The van der Waals surface area contributed by atoms with E-state index in [1.54, 1.807) is 30.3 Å². The topological polar surface area (TPSA) is 94.3 Å². The van der Waals surface area contributed by atoms with E-state index >= 15 is 0 Å². The summed E-state index contributed by atoms with van der Waals surface area (Å²) in [5.41, 5.74) is 0.799. The highest BCUT2D eigenvalue weighted by atomic mass is 79.9. The lowest BCUT2D eigenvalue weighted by Crippen LogP contribution is -2.11. The van der Waals surface area contributed by atoms with Gasteiger partial charge in [-0.05, 0) is 58.4 Å². The van der Waals surface area contributed by atoms with Crippen LogP contribution in [0, 0.1) is 0 Å². The minimum atomic E-state index is -3.06. The van der Waals surface area contributed by atoms with Gasteiger partial charge in [0.25, 0.3) is 5.56 Å². The minimum Gasteiger partial charge on any atom is -0.434 e. The van der Waals surface area contributed by atoms with Crippen LogP contribution in [0.4, 0.5) is 20.4 Å². The van der Waals surface area contributed by atoms with E-state index in [4.69, 9.17) is 11.6 Å². The molecule has 3 heterocycles. The lowest BCUT2D eigenvalue weighted by Gasteiger charge is -2.09. The largest absolute Gasteiger partial charge is 0.434 e. The highest BCUT2D eigenvalue weighted by molar-refractivity contribution is 9.10. The fraction of sp³-hybridized carbons (Fsp3) is 0.0455. The van der Waals surface area contributed by atoms with E-state index in [2.05, 4.69) is 46.0 Å². The fourth-order valence-electron chi connectivity index (χ4n) is 3.33. The Morgan fingerprint density at radius 3 is 2.76 bits per heavy atom. The predicted octanol–water partition coefficient (Wildman–Crippen LogP) is 5.46. The molecule has 5 rings (SSSR count). The van der Waals surface area contributed by atoms with E-state index in [0.29, 0.717) is 21.0 Å². The quantitative estimate of drug-likeness (QED) is 0.313. The van der Waals surface area contributed by atoms with Crippen LogP contribution in [0.2, 0.25) is 5.02 Å². The number of anilines is 2. The maximum atomic E-state index is 13.0. The van der Waals surface area contributed by atoms with Crippen LogP contribution in [0.1, 0.15) is 0 Å². The summed E-state index contributed by atoms with van der Waals surface area (Å²) in [5, 5.41) is 8.29. The first kappa shape index (κ1) is 22.1. The van der Waals surface area contributed by atoms with E-state index < -0.39 is 12.2 Å². The van der Waals surface area contributed by atoms with E-state index in [1.807, 2.05) is 6.07 Å². The van der Waals surface area contributed by atoms with Gasteiger partial charge in [0.1, 0.15) is 11.4 Å². The van der Waals surface area contributed by atoms with Crippen molar-refractivity contribution in [2.45, 2.75) is 6.61 Å². The highest BCUT2D eigenvalue weighted by Gasteiger charge is 2.20. The minimum absolute atomic E-state index is 0.101. The molecular weight excluding hydrogens is 534 g/mol. The zero-order chi connectivity index (χ0) is 23.8. The average molecular weight is 546 g/mol. The van der Waals surface area contributed by atoms with Crippen molar-refractivity contribution >= 4 is 55.7 Å². The number of hydrogen-bond donors (Lipinski definition) is 1. The van der Waals surface area contributed by atoms with Crippen molar-refractivity contribution in [1.29, 1.82) is 0 Å². The smallest absolute Gasteiger partial charge is 0.387 e. The number of fused-ring (bicyclic) bond motifs is 3. The number of rotatable bonds is 5. The molecule has 8 nitrogen and oxygen atoms in total. The van der Waals surface area contributed by atoms with Crippen molar-refractivity contribution in [2.24, 2.45) is 0 Å². The summed E-state index contributed by atoms with van der Waals surface area (Å²) in [4.78, 5) is 25.3. The van der Waals surface area contributed by atoms with E-state index in [-0.39, 0.29) is 33.8 Å². The van der Waals surface area contributed by atoms with Crippen LogP contribution in [0.25, 0.3) is 27.9 Å². The third-order valence-corrected chi connectivity index (χ3v) is 5.66. The Kier molecular flexibility index (Phi) is 5.80.